The fraction of sp³-hybridized carbons (Fsp3) is 0.386. The number of rotatable bonds is 12. The van der Waals surface area contributed by atoms with Crippen molar-refractivity contribution in [2.24, 2.45) is 10.7 Å². The summed E-state index contributed by atoms with van der Waals surface area (Å²) >= 11 is 0. The number of unbranched alkanes of at least 4 members (excludes halogenated alkanes) is 1. The molecule has 3 aromatic carbocycles. The average Bonchev–Trinajstić information content (AvgIpc) is 3.08. The summed E-state index contributed by atoms with van der Waals surface area (Å²) in [6.45, 7) is 20.1. The highest BCUT2D eigenvalue weighted by Gasteiger charge is 2.21. The number of aliphatic imine (C=N–C) groups is 1. The summed E-state index contributed by atoms with van der Waals surface area (Å²) in [5, 5.41) is 2.87. The van der Waals surface area contributed by atoms with E-state index < -0.39 is 0 Å². The first-order valence-corrected chi connectivity index (χ1v) is 18.4. The molecule has 1 aliphatic rings. The summed E-state index contributed by atoms with van der Waals surface area (Å²) in [5.41, 5.74) is 10.3. The van der Waals surface area contributed by atoms with Gasteiger partial charge in [0.2, 0.25) is 11.8 Å². The first-order chi connectivity index (χ1) is 24.9. The van der Waals surface area contributed by atoms with Gasteiger partial charge in [0.25, 0.3) is 0 Å². The fourth-order valence-corrected chi connectivity index (χ4v) is 4.79. The number of amides is 2. The van der Waals surface area contributed by atoms with Gasteiger partial charge in [-0.15, -0.1) is 0 Å². The minimum absolute atomic E-state index is 0.0624. The van der Waals surface area contributed by atoms with Gasteiger partial charge in [-0.2, -0.15) is 0 Å². The molecule has 1 fully saturated rings. The van der Waals surface area contributed by atoms with Crippen molar-refractivity contribution in [1.29, 1.82) is 0 Å². The Kier molecular flexibility index (Phi) is 22.5. The number of carbonyl (C=O) groups is 2. The van der Waals surface area contributed by atoms with E-state index in [1.807, 2.05) is 91.9 Å². The maximum atomic E-state index is 12.3. The van der Waals surface area contributed by atoms with Crippen LogP contribution < -0.4 is 20.7 Å². The standard InChI is InChI=1S/C21H23N3O2.C16H22N2O.C4H10.C3H8/c1-5-23-16(3)21(15(2)22)24(17(4)25)18-11-13-20(14-12-18)26-19-9-7-6-8-10-19;1-13-6-3-7-14(12-13)17-16(19)10-5-11-18(2)15-8-4-9-15;1-3-4-2;1-3-2/h5-14H,1,22H2,2-4H3;3,5-7,10,12,15H,4,8-9,11H2,1-2H3,(H,17,19);3-4H2,1-2H3;3H2,1-2H3/b21-15-,23-16?;10-5+;;. The Morgan fingerprint density at radius 1 is 0.923 bits per heavy atom. The normalized spacial score (nSPS) is 12.8. The van der Waals surface area contributed by atoms with Crippen LogP contribution in [-0.4, -0.2) is 42.1 Å². The molecule has 1 aliphatic carbocycles. The van der Waals surface area contributed by atoms with Crippen LogP contribution in [0.3, 0.4) is 0 Å². The molecule has 0 heterocycles. The Balaban J connectivity index is 0.000000454. The number of benzene rings is 3. The van der Waals surface area contributed by atoms with Crippen molar-refractivity contribution in [3.8, 4) is 11.5 Å². The van der Waals surface area contributed by atoms with Gasteiger partial charge in [0.05, 0.1) is 11.4 Å². The number of ether oxygens (including phenoxy) is 1. The van der Waals surface area contributed by atoms with Crippen molar-refractivity contribution >= 4 is 28.9 Å². The molecule has 8 nitrogen and oxygen atoms in total. The minimum Gasteiger partial charge on any atom is -0.457 e. The SMILES string of the molecule is C=CN=C(C)/C(=C(\C)N)N(C(C)=O)c1ccc(Oc2ccccc2)cc1.CCC.CCCC.Cc1cccc(NC(=O)/C=C/CN(C)C2CCC2)c1. The van der Waals surface area contributed by atoms with Gasteiger partial charge in [-0.25, -0.2) is 0 Å². The molecule has 0 aromatic heterocycles. The van der Waals surface area contributed by atoms with Gasteiger partial charge in [0.1, 0.15) is 11.5 Å². The van der Waals surface area contributed by atoms with E-state index in [-0.39, 0.29) is 11.8 Å². The van der Waals surface area contributed by atoms with Gasteiger partial charge < -0.3 is 15.8 Å². The molecule has 52 heavy (non-hydrogen) atoms. The smallest absolute Gasteiger partial charge is 0.248 e. The zero-order valence-corrected chi connectivity index (χ0v) is 33.1. The number of carbonyl (C=O) groups excluding carboxylic acids is 2. The molecule has 2 amide bonds. The molecule has 1 saturated carbocycles. The van der Waals surface area contributed by atoms with Crippen LogP contribution in [0.25, 0.3) is 0 Å². The lowest BCUT2D eigenvalue weighted by Crippen LogP contribution is -2.37. The Labute approximate surface area is 314 Å². The zero-order valence-electron chi connectivity index (χ0n) is 33.1. The number of nitrogens with two attached hydrogens (primary N) is 1. The second-order valence-electron chi connectivity index (χ2n) is 12.7. The summed E-state index contributed by atoms with van der Waals surface area (Å²) in [7, 11) is 2.12. The van der Waals surface area contributed by atoms with Gasteiger partial charge in [0, 0.05) is 48.9 Å². The van der Waals surface area contributed by atoms with E-state index in [0.29, 0.717) is 34.6 Å². The van der Waals surface area contributed by atoms with Crippen molar-refractivity contribution in [3.05, 3.63) is 121 Å². The number of nitrogens with zero attached hydrogens (tertiary/aromatic N) is 3. The molecule has 8 heteroatoms. The number of likely N-dealkylation sites (N-methyl/N-ethyl adjacent to an activating group) is 1. The van der Waals surface area contributed by atoms with Crippen LogP contribution in [0.5, 0.6) is 11.5 Å². The van der Waals surface area contributed by atoms with E-state index in [0.717, 1.165) is 23.5 Å². The Bertz CT molecular complexity index is 1570. The van der Waals surface area contributed by atoms with E-state index in [1.54, 1.807) is 19.9 Å². The van der Waals surface area contributed by atoms with Crippen molar-refractivity contribution in [2.75, 3.05) is 23.8 Å². The molecule has 0 spiro atoms. The number of allylic oxidation sites excluding steroid dienone is 2. The summed E-state index contributed by atoms with van der Waals surface area (Å²) < 4.78 is 5.79. The van der Waals surface area contributed by atoms with Crippen molar-refractivity contribution in [1.82, 2.24) is 4.90 Å². The summed E-state index contributed by atoms with van der Waals surface area (Å²) in [4.78, 5) is 32.1. The number of nitrogens with one attached hydrogen (secondary N) is 1. The Hall–Kier alpha value is -4.95. The molecule has 0 unspecified atom stereocenters. The first kappa shape index (κ1) is 45.1. The van der Waals surface area contributed by atoms with Crippen LogP contribution >= 0.6 is 0 Å². The van der Waals surface area contributed by atoms with Crippen LogP contribution in [0.15, 0.2) is 120 Å². The molecular weight excluding hydrogens is 647 g/mol. The number of aryl methyl sites for hydroxylation is 1. The Morgan fingerprint density at radius 3 is 2.00 bits per heavy atom. The lowest BCUT2D eigenvalue weighted by Gasteiger charge is -2.33. The van der Waals surface area contributed by atoms with Gasteiger partial charge >= 0.3 is 0 Å². The minimum atomic E-state index is -0.167. The van der Waals surface area contributed by atoms with E-state index in [4.69, 9.17) is 10.5 Å². The molecule has 0 atom stereocenters. The molecule has 282 valence electrons. The number of para-hydroxylation sites is 1. The van der Waals surface area contributed by atoms with Crippen LogP contribution in [0.2, 0.25) is 0 Å². The predicted molar refractivity (Wildman–Crippen MR) is 222 cm³/mol. The summed E-state index contributed by atoms with van der Waals surface area (Å²) in [6, 6.07) is 25.3. The molecule has 3 aromatic rings. The first-order valence-electron chi connectivity index (χ1n) is 18.4. The van der Waals surface area contributed by atoms with Crippen LogP contribution in [0.1, 0.15) is 92.6 Å². The number of anilines is 2. The van der Waals surface area contributed by atoms with E-state index in [2.05, 4.69) is 56.5 Å². The molecule has 0 saturated heterocycles. The highest BCUT2D eigenvalue weighted by atomic mass is 16.5. The summed E-state index contributed by atoms with van der Waals surface area (Å²) in [6.07, 6.45) is 12.8. The largest absolute Gasteiger partial charge is 0.457 e. The monoisotopic (exact) mass is 709 g/mol. The fourth-order valence-electron chi connectivity index (χ4n) is 4.79. The lowest BCUT2D eigenvalue weighted by molar-refractivity contribution is -0.116. The lowest BCUT2D eigenvalue weighted by atomic mass is 9.92. The highest BCUT2D eigenvalue weighted by Crippen LogP contribution is 2.27. The van der Waals surface area contributed by atoms with Gasteiger partial charge in [-0.1, -0.05) is 96.4 Å². The summed E-state index contributed by atoms with van der Waals surface area (Å²) in [5.74, 6) is 1.19. The Morgan fingerprint density at radius 2 is 1.52 bits per heavy atom. The molecule has 0 radical (unpaired) electrons. The molecular formula is C44H63N5O3. The van der Waals surface area contributed by atoms with E-state index in [9.17, 15) is 9.59 Å². The van der Waals surface area contributed by atoms with E-state index >= 15 is 0 Å². The van der Waals surface area contributed by atoms with Crippen LogP contribution in [-0.2, 0) is 9.59 Å². The van der Waals surface area contributed by atoms with Crippen LogP contribution in [0.4, 0.5) is 11.4 Å². The second kappa shape index (κ2) is 25.9. The quantitative estimate of drug-likeness (QED) is 0.144. The van der Waals surface area contributed by atoms with Crippen molar-refractivity contribution in [2.45, 2.75) is 100.0 Å². The highest BCUT2D eigenvalue weighted by molar-refractivity contribution is 6.10. The topological polar surface area (TPSA) is 100 Å². The third-order valence-electron chi connectivity index (χ3n) is 7.76. The molecule has 4 rings (SSSR count). The van der Waals surface area contributed by atoms with Gasteiger partial charge in [-0.3, -0.25) is 24.4 Å². The predicted octanol–water partition coefficient (Wildman–Crippen LogP) is 10.8. The molecule has 3 N–H and O–H groups in total. The van der Waals surface area contributed by atoms with Gasteiger partial charge in [-0.05, 0) is 94.8 Å². The maximum Gasteiger partial charge on any atom is 0.248 e. The maximum absolute atomic E-state index is 12.3. The van der Waals surface area contributed by atoms with E-state index in [1.165, 1.54) is 56.5 Å². The van der Waals surface area contributed by atoms with Gasteiger partial charge in [0.15, 0.2) is 0 Å². The molecule has 0 bridgehead atoms. The van der Waals surface area contributed by atoms with Crippen molar-refractivity contribution in [3.63, 3.8) is 0 Å². The zero-order chi connectivity index (χ0) is 38.9. The average molecular weight is 710 g/mol. The third kappa shape index (κ3) is 17.3. The third-order valence-corrected chi connectivity index (χ3v) is 7.76. The number of hydrogen-bond donors (Lipinski definition) is 2. The molecule has 0 aliphatic heterocycles. The van der Waals surface area contributed by atoms with Crippen molar-refractivity contribution < 1.29 is 14.3 Å². The number of hydrogen-bond acceptors (Lipinski definition) is 6. The van der Waals surface area contributed by atoms with Crippen LogP contribution in [0, 0.1) is 6.92 Å². The second-order valence-corrected chi connectivity index (χ2v) is 12.7.